The Bertz CT molecular complexity index is 635. The van der Waals surface area contributed by atoms with Gasteiger partial charge in [0.05, 0.1) is 18.8 Å². The summed E-state index contributed by atoms with van der Waals surface area (Å²) in [6.07, 6.45) is 21.6. The van der Waals surface area contributed by atoms with Crippen LogP contribution in [-0.4, -0.2) is 58.8 Å². The third-order valence-corrected chi connectivity index (χ3v) is 7.44. The fraction of sp³-hybridized carbons (Fsp3) is 0.882. The standard InChI is InChI=1S/C34H64O7/c1-4-5-6-7-13-18-23-31(36)32(37)24-19-14-11-16-20-25-33(38)40-28-30(27-35)41-34(39)26-21-15-10-8-9-12-17-22-29(2)3/h13,18,29-32,35-37H,4-12,14-17,19-28H2,1-3H3/b18-13-/t30-,31+,32+/m0/s1. The van der Waals surface area contributed by atoms with Crippen molar-refractivity contribution in [3.05, 3.63) is 12.2 Å². The molecule has 0 saturated heterocycles. The van der Waals surface area contributed by atoms with Crippen molar-refractivity contribution >= 4 is 11.9 Å². The number of aliphatic hydroxyl groups is 3. The number of allylic oxidation sites excluding steroid dienone is 1. The Morgan fingerprint density at radius 2 is 1.24 bits per heavy atom. The Morgan fingerprint density at radius 3 is 1.83 bits per heavy atom. The maximum atomic E-state index is 12.1. The highest BCUT2D eigenvalue weighted by molar-refractivity contribution is 5.70. The lowest BCUT2D eigenvalue weighted by Crippen LogP contribution is -2.28. The molecule has 0 spiro atoms. The minimum absolute atomic E-state index is 0.119. The summed E-state index contributed by atoms with van der Waals surface area (Å²) >= 11 is 0. The highest BCUT2D eigenvalue weighted by Crippen LogP contribution is 2.14. The van der Waals surface area contributed by atoms with Crippen molar-refractivity contribution in [3.63, 3.8) is 0 Å². The molecule has 0 aromatic carbocycles. The zero-order valence-corrected chi connectivity index (χ0v) is 26.7. The van der Waals surface area contributed by atoms with Crippen LogP contribution >= 0.6 is 0 Å². The van der Waals surface area contributed by atoms with E-state index in [2.05, 4.69) is 26.8 Å². The fourth-order valence-electron chi connectivity index (χ4n) is 4.70. The Labute approximate surface area is 251 Å². The molecule has 0 aliphatic carbocycles. The summed E-state index contributed by atoms with van der Waals surface area (Å²) in [5, 5.41) is 29.7. The molecule has 0 aliphatic rings. The molecule has 0 aromatic rings. The highest BCUT2D eigenvalue weighted by Gasteiger charge is 2.16. The van der Waals surface area contributed by atoms with Crippen molar-refractivity contribution in [3.8, 4) is 0 Å². The van der Waals surface area contributed by atoms with Crippen LogP contribution in [-0.2, 0) is 19.1 Å². The molecule has 3 atom stereocenters. The van der Waals surface area contributed by atoms with E-state index in [0.717, 1.165) is 57.3 Å². The van der Waals surface area contributed by atoms with E-state index < -0.39 is 18.3 Å². The Kier molecular flexibility index (Phi) is 27.7. The summed E-state index contributed by atoms with van der Waals surface area (Å²) in [5.41, 5.74) is 0. The van der Waals surface area contributed by atoms with Gasteiger partial charge < -0.3 is 24.8 Å². The van der Waals surface area contributed by atoms with E-state index in [9.17, 15) is 24.9 Å². The van der Waals surface area contributed by atoms with Gasteiger partial charge in [-0.1, -0.05) is 116 Å². The van der Waals surface area contributed by atoms with Gasteiger partial charge in [0.15, 0.2) is 6.10 Å². The second-order valence-electron chi connectivity index (χ2n) is 12.0. The quantitative estimate of drug-likeness (QED) is 0.0472. The van der Waals surface area contributed by atoms with Gasteiger partial charge in [-0.05, 0) is 44.4 Å². The third kappa shape index (κ3) is 27.2. The molecule has 0 amide bonds. The van der Waals surface area contributed by atoms with Gasteiger partial charge in [-0.25, -0.2) is 0 Å². The first kappa shape index (κ1) is 39.6. The molecule has 41 heavy (non-hydrogen) atoms. The fourth-order valence-corrected chi connectivity index (χ4v) is 4.70. The van der Waals surface area contributed by atoms with Crippen LogP contribution in [0, 0.1) is 5.92 Å². The molecular formula is C34H64O7. The first-order valence-corrected chi connectivity index (χ1v) is 16.8. The largest absolute Gasteiger partial charge is 0.462 e. The van der Waals surface area contributed by atoms with Crippen molar-refractivity contribution in [1.29, 1.82) is 0 Å². The van der Waals surface area contributed by atoms with Gasteiger partial charge in [0.1, 0.15) is 6.61 Å². The van der Waals surface area contributed by atoms with Crippen LogP contribution in [0.1, 0.15) is 156 Å². The maximum absolute atomic E-state index is 12.1. The lowest BCUT2D eigenvalue weighted by Gasteiger charge is -2.16. The number of esters is 2. The normalized spacial score (nSPS) is 13.9. The van der Waals surface area contributed by atoms with Crippen molar-refractivity contribution in [1.82, 2.24) is 0 Å². The smallest absolute Gasteiger partial charge is 0.306 e. The van der Waals surface area contributed by atoms with E-state index in [4.69, 9.17) is 9.47 Å². The molecular weight excluding hydrogens is 520 g/mol. The summed E-state index contributed by atoms with van der Waals surface area (Å²) in [5.74, 6) is 0.0717. The number of ether oxygens (including phenoxy) is 2. The van der Waals surface area contributed by atoms with Gasteiger partial charge in [-0.15, -0.1) is 0 Å². The number of rotatable bonds is 29. The number of carbonyl (C=O) groups is 2. The summed E-state index contributed by atoms with van der Waals surface area (Å²) < 4.78 is 10.5. The number of aliphatic hydroxyl groups excluding tert-OH is 3. The minimum atomic E-state index is -0.814. The number of hydrogen-bond donors (Lipinski definition) is 3. The van der Waals surface area contributed by atoms with E-state index in [-0.39, 0.29) is 31.6 Å². The van der Waals surface area contributed by atoms with Crippen LogP contribution in [0.5, 0.6) is 0 Å². The monoisotopic (exact) mass is 584 g/mol. The van der Waals surface area contributed by atoms with Crippen molar-refractivity contribution in [2.24, 2.45) is 5.92 Å². The van der Waals surface area contributed by atoms with Crippen molar-refractivity contribution in [2.75, 3.05) is 13.2 Å². The van der Waals surface area contributed by atoms with Gasteiger partial charge in [0.2, 0.25) is 0 Å². The average molecular weight is 585 g/mol. The Hall–Kier alpha value is -1.44. The highest BCUT2D eigenvalue weighted by atomic mass is 16.6. The van der Waals surface area contributed by atoms with Gasteiger partial charge in [-0.3, -0.25) is 9.59 Å². The molecule has 0 unspecified atom stereocenters. The molecule has 0 saturated carbocycles. The van der Waals surface area contributed by atoms with E-state index >= 15 is 0 Å². The first-order valence-electron chi connectivity index (χ1n) is 16.8. The molecule has 0 aliphatic heterocycles. The van der Waals surface area contributed by atoms with Crippen LogP contribution in [0.4, 0.5) is 0 Å². The predicted octanol–water partition coefficient (Wildman–Crippen LogP) is 7.58. The molecule has 242 valence electrons. The van der Waals surface area contributed by atoms with Gasteiger partial charge in [0.25, 0.3) is 0 Å². The lowest BCUT2D eigenvalue weighted by molar-refractivity contribution is -0.161. The molecule has 0 aromatic heterocycles. The number of hydrogen-bond acceptors (Lipinski definition) is 7. The van der Waals surface area contributed by atoms with Crippen molar-refractivity contribution in [2.45, 2.75) is 174 Å². The molecule has 7 nitrogen and oxygen atoms in total. The van der Waals surface area contributed by atoms with E-state index in [1.165, 1.54) is 51.4 Å². The van der Waals surface area contributed by atoms with Crippen LogP contribution in [0.15, 0.2) is 12.2 Å². The predicted molar refractivity (Wildman–Crippen MR) is 167 cm³/mol. The minimum Gasteiger partial charge on any atom is -0.462 e. The van der Waals surface area contributed by atoms with Gasteiger partial charge in [-0.2, -0.15) is 0 Å². The molecule has 0 rings (SSSR count). The summed E-state index contributed by atoms with van der Waals surface area (Å²) in [7, 11) is 0. The lowest BCUT2D eigenvalue weighted by atomic mass is 10.0. The molecule has 7 heteroatoms. The zero-order chi connectivity index (χ0) is 30.6. The topological polar surface area (TPSA) is 113 Å². The molecule has 0 heterocycles. The second-order valence-corrected chi connectivity index (χ2v) is 12.0. The molecule has 3 N–H and O–H groups in total. The SMILES string of the molecule is CCCCC/C=C\C[C@@H](O)[C@H](O)CCCCCCCC(=O)OC[C@H](CO)OC(=O)CCCCCCCCCC(C)C. The zero-order valence-electron chi connectivity index (χ0n) is 26.7. The average Bonchev–Trinajstić information content (AvgIpc) is 2.95. The van der Waals surface area contributed by atoms with Crippen LogP contribution in [0.25, 0.3) is 0 Å². The second kappa shape index (κ2) is 28.7. The first-order chi connectivity index (χ1) is 19.8. The van der Waals surface area contributed by atoms with Crippen LogP contribution in [0.2, 0.25) is 0 Å². The molecule has 0 fully saturated rings. The van der Waals surface area contributed by atoms with E-state index in [0.29, 0.717) is 25.7 Å². The Morgan fingerprint density at radius 1 is 0.683 bits per heavy atom. The maximum Gasteiger partial charge on any atom is 0.306 e. The molecule has 0 radical (unpaired) electrons. The number of carbonyl (C=O) groups excluding carboxylic acids is 2. The van der Waals surface area contributed by atoms with Gasteiger partial charge >= 0.3 is 11.9 Å². The summed E-state index contributed by atoms with van der Waals surface area (Å²) in [4.78, 5) is 24.1. The van der Waals surface area contributed by atoms with Crippen LogP contribution in [0.3, 0.4) is 0 Å². The van der Waals surface area contributed by atoms with E-state index in [1.54, 1.807) is 0 Å². The summed E-state index contributed by atoms with van der Waals surface area (Å²) in [6.45, 7) is 6.20. The van der Waals surface area contributed by atoms with Gasteiger partial charge in [0, 0.05) is 12.8 Å². The number of unbranched alkanes of at least 4 members (excludes halogenated alkanes) is 13. The van der Waals surface area contributed by atoms with E-state index in [1.807, 2.05) is 6.08 Å². The summed E-state index contributed by atoms with van der Waals surface area (Å²) in [6, 6.07) is 0. The third-order valence-electron chi connectivity index (χ3n) is 7.44. The van der Waals surface area contributed by atoms with Crippen LogP contribution < -0.4 is 0 Å². The van der Waals surface area contributed by atoms with Crippen molar-refractivity contribution < 1.29 is 34.4 Å². The molecule has 0 bridgehead atoms. The Balaban J connectivity index is 3.73.